The maximum absolute atomic E-state index is 5.73. The molecule has 112 valence electrons. The summed E-state index contributed by atoms with van der Waals surface area (Å²) in [5, 5.41) is 3.82. The molecule has 1 aliphatic carbocycles. The molecule has 19 heavy (non-hydrogen) atoms. The van der Waals surface area contributed by atoms with Gasteiger partial charge in [0.1, 0.15) is 0 Å². The smallest absolute Gasteiger partial charge is 0.0624 e. The molecule has 1 aliphatic heterocycles. The summed E-state index contributed by atoms with van der Waals surface area (Å²) in [6.45, 7) is 14.5. The second-order valence-corrected chi connectivity index (χ2v) is 6.91. The van der Waals surface area contributed by atoms with Gasteiger partial charge in [-0.05, 0) is 58.0 Å². The molecule has 0 amide bonds. The van der Waals surface area contributed by atoms with E-state index in [-0.39, 0.29) is 0 Å². The van der Waals surface area contributed by atoms with Crippen LogP contribution in [0.25, 0.3) is 0 Å². The van der Waals surface area contributed by atoms with E-state index in [4.69, 9.17) is 4.74 Å². The SMILES string of the molecule is CCOCC(C(C)C)N1CCCNC(C)(C2CC2)C1. The molecule has 2 unspecified atom stereocenters. The van der Waals surface area contributed by atoms with Gasteiger partial charge in [-0.3, -0.25) is 4.90 Å². The highest BCUT2D eigenvalue weighted by Gasteiger charge is 2.44. The van der Waals surface area contributed by atoms with Crippen molar-refractivity contribution in [3.05, 3.63) is 0 Å². The van der Waals surface area contributed by atoms with Gasteiger partial charge in [0.15, 0.2) is 0 Å². The molecule has 0 aromatic heterocycles. The highest BCUT2D eigenvalue weighted by molar-refractivity contribution is 5.02. The number of hydrogen-bond donors (Lipinski definition) is 1. The Morgan fingerprint density at radius 1 is 1.37 bits per heavy atom. The molecule has 2 rings (SSSR count). The van der Waals surface area contributed by atoms with Gasteiger partial charge >= 0.3 is 0 Å². The Morgan fingerprint density at radius 3 is 2.68 bits per heavy atom. The minimum atomic E-state index is 0.329. The molecule has 1 saturated heterocycles. The van der Waals surface area contributed by atoms with Gasteiger partial charge < -0.3 is 10.1 Å². The Labute approximate surface area is 119 Å². The largest absolute Gasteiger partial charge is 0.380 e. The van der Waals surface area contributed by atoms with E-state index < -0.39 is 0 Å². The Balaban J connectivity index is 2.02. The third-order valence-electron chi connectivity index (χ3n) is 4.89. The molecule has 2 fully saturated rings. The maximum atomic E-state index is 5.73. The summed E-state index contributed by atoms with van der Waals surface area (Å²) in [5.41, 5.74) is 0.329. The van der Waals surface area contributed by atoms with Crippen molar-refractivity contribution in [2.45, 2.75) is 58.5 Å². The predicted octanol–water partition coefficient (Wildman–Crippen LogP) is 2.51. The van der Waals surface area contributed by atoms with Gasteiger partial charge in [-0.15, -0.1) is 0 Å². The molecule has 2 aliphatic rings. The van der Waals surface area contributed by atoms with Crippen molar-refractivity contribution in [1.82, 2.24) is 10.2 Å². The fraction of sp³-hybridized carbons (Fsp3) is 1.00. The molecule has 0 spiro atoms. The van der Waals surface area contributed by atoms with E-state index in [1.165, 1.54) is 38.9 Å². The summed E-state index contributed by atoms with van der Waals surface area (Å²) in [4.78, 5) is 2.69. The monoisotopic (exact) mass is 268 g/mol. The van der Waals surface area contributed by atoms with Gasteiger partial charge in [0.25, 0.3) is 0 Å². The molecular weight excluding hydrogens is 236 g/mol. The number of rotatable bonds is 6. The lowest BCUT2D eigenvalue weighted by atomic mass is 9.93. The molecule has 2 atom stereocenters. The highest BCUT2D eigenvalue weighted by atomic mass is 16.5. The Morgan fingerprint density at radius 2 is 2.11 bits per heavy atom. The lowest BCUT2D eigenvalue weighted by Crippen LogP contribution is -2.54. The van der Waals surface area contributed by atoms with Crippen LogP contribution in [0.5, 0.6) is 0 Å². The average Bonchev–Trinajstić information content (AvgIpc) is 3.17. The quantitative estimate of drug-likeness (QED) is 0.801. The molecule has 0 aromatic rings. The predicted molar refractivity (Wildman–Crippen MR) is 80.4 cm³/mol. The van der Waals surface area contributed by atoms with Crippen molar-refractivity contribution in [3.63, 3.8) is 0 Å². The fourth-order valence-corrected chi connectivity index (χ4v) is 3.45. The summed E-state index contributed by atoms with van der Waals surface area (Å²) in [6.07, 6.45) is 4.09. The van der Waals surface area contributed by atoms with Crippen LogP contribution in [0.2, 0.25) is 0 Å². The van der Waals surface area contributed by atoms with Crippen molar-refractivity contribution >= 4 is 0 Å². The van der Waals surface area contributed by atoms with Crippen LogP contribution in [-0.2, 0) is 4.74 Å². The Bertz CT molecular complexity index is 278. The van der Waals surface area contributed by atoms with Crippen molar-refractivity contribution in [2.75, 3.05) is 32.8 Å². The lowest BCUT2D eigenvalue weighted by molar-refractivity contribution is 0.0342. The van der Waals surface area contributed by atoms with Crippen molar-refractivity contribution in [2.24, 2.45) is 11.8 Å². The topological polar surface area (TPSA) is 24.5 Å². The zero-order chi connectivity index (χ0) is 13.9. The zero-order valence-corrected chi connectivity index (χ0v) is 13.2. The van der Waals surface area contributed by atoms with Crippen LogP contribution in [0.3, 0.4) is 0 Å². The minimum Gasteiger partial charge on any atom is -0.380 e. The molecule has 1 N–H and O–H groups in total. The molecular formula is C16H32N2O. The van der Waals surface area contributed by atoms with Crippen LogP contribution in [-0.4, -0.2) is 49.3 Å². The third kappa shape index (κ3) is 3.93. The van der Waals surface area contributed by atoms with Gasteiger partial charge in [0, 0.05) is 24.7 Å². The molecule has 0 radical (unpaired) electrons. The number of nitrogens with zero attached hydrogens (tertiary/aromatic N) is 1. The normalized spacial score (nSPS) is 31.4. The number of ether oxygens (including phenoxy) is 1. The van der Waals surface area contributed by atoms with Gasteiger partial charge in [-0.1, -0.05) is 13.8 Å². The average molecular weight is 268 g/mol. The van der Waals surface area contributed by atoms with Crippen LogP contribution in [0.4, 0.5) is 0 Å². The third-order valence-corrected chi connectivity index (χ3v) is 4.89. The number of nitrogens with one attached hydrogen (secondary N) is 1. The zero-order valence-electron chi connectivity index (χ0n) is 13.2. The first-order valence-electron chi connectivity index (χ1n) is 8.13. The first kappa shape index (κ1) is 15.3. The van der Waals surface area contributed by atoms with Crippen molar-refractivity contribution < 1.29 is 4.74 Å². The first-order chi connectivity index (χ1) is 9.07. The van der Waals surface area contributed by atoms with E-state index in [2.05, 4.69) is 37.9 Å². The fourth-order valence-electron chi connectivity index (χ4n) is 3.45. The molecule has 3 heteroatoms. The van der Waals surface area contributed by atoms with Crippen molar-refractivity contribution in [1.29, 1.82) is 0 Å². The molecule has 0 bridgehead atoms. The maximum Gasteiger partial charge on any atom is 0.0624 e. The van der Waals surface area contributed by atoms with Crippen LogP contribution in [0, 0.1) is 11.8 Å². The van der Waals surface area contributed by atoms with Gasteiger partial charge in [0.2, 0.25) is 0 Å². The van der Waals surface area contributed by atoms with Crippen molar-refractivity contribution in [3.8, 4) is 0 Å². The summed E-state index contributed by atoms with van der Waals surface area (Å²) in [5.74, 6) is 1.56. The van der Waals surface area contributed by atoms with E-state index in [0.717, 1.165) is 19.1 Å². The van der Waals surface area contributed by atoms with E-state index in [0.29, 0.717) is 17.5 Å². The summed E-state index contributed by atoms with van der Waals surface area (Å²) in [6, 6.07) is 0.568. The van der Waals surface area contributed by atoms with E-state index >= 15 is 0 Å². The van der Waals surface area contributed by atoms with Gasteiger partial charge in [-0.25, -0.2) is 0 Å². The van der Waals surface area contributed by atoms with E-state index in [1.54, 1.807) is 0 Å². The van der Waals surface area contributed by atoms with Gasteiger partial charge in [-0.2, -0.15) is 0 Å². The highest BCUT2D eigenvalue weighted by Crippen LogP contribution is 2.41. The molecule has 0 aromatic carbocycles. The van der Waals surface area contributed by atoms with E-state index in [1.807, 2.05) is 0 Å². The number of hydrogen-bond acceptors (Lipinski definition) is 3. The van der Waals surface area contributed by atoms with Crippen LogP contribution in [0.15, 0.2) is 0 Å². The summed E-state index contributed by atoms with van der Waals surface area (Å²) < 4.78 is 5.73. The van der Waals surface area contributed by atoms with Crippen LogP contribution >= 0.6 is 0 Å². The molecule has 1 saturated carbocycles. The summed E-state index contributed by atoms with van der Waals surface area (Å²) >= 11 is 0. The second-order valence-electron chi connectivity index (χ2n) is 6.91. The molecule has 1 heterocycles. The summed E-state index contributed by atoms with van der Waals surface area (Å²) in [7, 11) is 0. The first-order valence-corrected chi connectivity index (χ1v) is 8.13. The van der Waals surface area contributed by atoms with Crippen LogP contribution in [0.1, 0.15) is 47.0 Å². The van der Waals surface area contributed by atoms with Crippen LogP contribution < -0.4 is 5.32 Å². The van der Waals surface area contributed by atoms with E-state index in [9.17, 15) is 0 Å². The minimum absolute atomic E-state index is 0.329. The Hall–Kier alpha value is -0.120. The Kier molecular flexibility index (Phi) is 5.27. The second kappa shape index (κ2) is 6.55. The standard InChI is InChI=1S/C16H32N2O/c1-5-19-11-15(13(2)3)18-10-6-9-17-16(4,12-18)14-7-8-14/h13-15,17H,5-12H2,1-4H3. The molecule has 3 nitrogen and oxygen atoms in total. The lowest BCUT2D eigenvalue weighted by Gasteiger charge is -2.39. The van der Waals surface area contributed by atoms with Gasteiger partial charge in [0.05, 0.1) is 6.61 Å².